The van der Waals surface area contributed by atoms with E-state index in [-0.39, 0.29) is 5.78 Å². The molecule has 0 unspecified atom stereocenters. The van der Waals surface area contributed by atoms with Crippen LogP contribution in [0.4, 0.5) is 0 Å². The van der Waals surface area contributed by atoms with E-state index in [4.69, 9.17) is 34.8 Å². The van der Waals surface area contributed by atoms with Crippen molar-refractivity contribution in [2.24, 2.45) is 0 Å². The highest BCUT2D eigenvalue weighted by Crippen LogP contribution is 2.44. The van der Waals surface area contributed by atoms with Crippen molar-refractivity contribution in [1.29, 1.82) is 0 Å². The van der Waals surface area contributed by atoms with Crippen LogP contribution in [0.25, 0.3) is 11.1 Å². The van der Waals surface area contributed by atoms with E-state index in [2.05, 4.69) is 0 Å². The Balaban J connectivity index is 2.46. The van der Waals surface area contributed by atoms with Crippen molar-refractivity contribution in [3.63, 3.8) is 0 Å². The maximum atomic E-state index is 12.2. The molecule has 84 valence electrons. The standard InChI is InChI=1S/C13H5Cl3O/c14-6-4-8-11-7(2-1-3-9(11)15)13(17)12(8)10(16)5-6/h1-5H. The summed E-state index contributed by atoms with van der Waals surface area (Å²) in [5, 5.41) is 1.40. The molecule has 0 saturated heterocycles. The third-order valence-electron chi connectivity index (χ3n) is 2.81. The minimum atomic E-state index is -0.0980. The molecular formula is C13H5Cl3O. The molecule has 0 atom stereocenters. The van der Waals surface area contributed by atoms with Crippen LogP contribution >= 0.6 is 34.8 Å². The van der Waals surface area contributed by atoms with Crippen molar-refractivity contribution in [2.45, 2.75) is 0 Å². The second kappa shape index (κ2) is 3.74. The first-order valence-electron chi connectivity index (χ1n) is 4.92. The van der Waals surface area contributed by atoms with Gasteiger partial charge in [0.2, 0.25) is 0 Å². The molecule has 0 spiro atoms. The molecular weight excluding hydrogens is 279 g/mol. The van der Waals surface area contributed by atoms with Gasteiger partial charge in [0.25, 0.3) is 0 Å². The topological polar surface area (TPSA) is 17.1 Å². The van der Waals surface area contributed by atoms with Crippen LogP contribution in [0.2, 0.25) is 15.1 Å². The quantitative estimate of drug-likeness (QED) is 0.576. The molecule has 2 aromatic carbocycles. The zero-order valence-electron chi connectivity index (χ0n) is 8.43. The molecule has 1 nitrogen and oxygen atoms in total. The van der Waals surface area contributed by atoms with E-state index in [1.807, 2.05) is 0 Å². The predicted molar refractivity (Wildman–Crippen MR) is 70.3 cm³/mol. The summed E-state index contributed by atoms with van der Waals surface area (Å²) in [6.07, 6.45) is 0. The molecule has 0 heterocycles. The lowest BCUT2D eigenvalue weighted by molar-refractivity contribution is 0.104. The molecule has 4 heteroatoms. The monoisotopic (exact) mass is 282 g/mol. The SMILES string of the molecule is O=C1c2cccc(Cl)c2-c2cc(Cl)cc(Cl)c21. The fourth-order valence-corrected chi connectivity index (χ4v) is 2.98. The van der Waals surface area contributed by atoms with E-state index >= 15 is 0 Å². The molecule has 0 saturated carbocycles. The Morgan fingerprint density at radius 2 is 1.59 bits per heavy atom. The molecule has 1 aliphatic rings. The lowest BCUT2D eigenvalue weighted by Crippen LogP contribution is -1.95. The van der Waals surface area contributed by atoms with Gasteiger partial charge in [-0.25, -0.2) is 0 Å². The van der Waals surface area contributed by atoms with Gasteiger partial charge in [-0.1, -0.05) is 46.9 Å². The summed E-state index contributed by atoms with van der Waals surface area (Å²) in [5.74, 6) is -0.0980. The zero-order chi connectivity index (χ0) is 12.2. The second-order valence-corrected chi connectivity index (χ2v) is 5.05. The molecule has 0 aliphatic heterocycles. The van der Waals surface area contributed by atoms with Gasteiger partial charge in [0, 0.05) is 26.7 Å². The summed E-state index contributed by atoms with van der Waals surface area (Å²) in [6.45, 7) is 0. The van der Waals surface area contributed by atoms with Crippen LogP contribution in [-0.2, 0) is 0 Å². The first-order valence-corrected chi connectivity index (χ1v) is 6.05. The van der Waals surface area contributed by atoms with E-state index in [0.29, 0.717) is 31.8 Å². The Bertz CT molecular complexity index is 662. The summed E-state index contributed by atoms with van der Waals surface area (Å²) in [6, 6.07) is 8.53. The number of ketones is 1. The summed E-state index contributed by atoms with van der Waals surface area (Å²) >= 11 is 18.1. The van der Waals surface area contributed by atoms with E-state index in [1.165, 1.54) is 0 Å². The van der Waals surface area contributed by atoms with Crippen LogP contribution in [0, 0.1) is 0 Å². The Morgan fingerprint density at radius 3 is 2.35 bits per heavy atom. The summed E-state index contributed by atoms with van der Waals surface area (Å²) in [4.78, 5) is 12.2. The van der Waals surface area contributed by atoms with Gasteiger partial charge in [0.05, 0.1) is 5.02 Å². The highest BCUT2D eigenvalue weighted by atomic mass is 35.5. The van der Waals surface area contributed by atoms with E-state index in [1.54, 1.807) is 30.3 Å². The third kappa shape index (κ3) is 1.50. The molecule has 0 fully saturated rings. The number of carbonyl (C=O) groups excluding carboxylic acids is 1. The Hall–Kier alpha value is -1.02. The minimum Gasteiger partial charge on any atom is -0.289 e. The number of carbonyl (C=O) groups is 1. The average molecular weight is 284 g/mol. The van der Waals surface area contributed by atoms with E-state index in [0.717, 1.165) is 5.56 Å². The fraction of sp³-hybridized carbons (Fsp3) is 0. The van der Waals surface area contributed by atoms with E-state index < -0.39 is 0 Å². The van der Waals surface area contributed by atoms with Crippen LogP contribution in [-0.4, -0.2) is 5.78 Å². The number of hydrogen-bond acceptors (Lipinski definition) is 1. The highest BCUT2D eigenvalue weighted by molar-refractivity contribution is 6.42. The molecule has 1 aliphatic carbocycles. The molecule has 0 aromatic heterocycles. The Kier molecular flexibility index (Phi) is 2.44. The van der Waals surface area contributed by atoms with Gasteiger partial charge in [0.15, 0.2) is 5.78 Å². The van der Waals surface area contributed by atoms with Crippen molar-refractivity contribution in [3.8, 4) is 11.1 Å². The number of rotatable bonds is 0. The summed E-state index contributed by atoms with van der Waals surface area (Å²) in [5.41, 5.74) is 2.50. The molecule has 0 bridgehead atoms. The summed E-state index contributed by atoms with van der Waals surface area (Å²) < 4.78 is 0. The molecule has 0 radical (unpaired) electrons. The maximum Gasteiger partial charge on any atom is 0.195 e. The Morgan fingerprint density at radius 1 is 0.824 bits per heavy atom. The van der Waals surface area contributed by atoms with Gasteiger partial charge in [-0.2, -0.15) is 0 Å². The highest BCUT2D eigenvalue weighted by Gasteiger charge is 2.30. The van der Waals surface area contributed by atoms with Gasteiger partial charge in [-0.3, -0.25) is 4.79 Å². The minimum absolute atomic E-state index is 0.0980. The van der Waals surface area contributed by atoms with Crippen molar-refractivity contribution >= 4 is 40.6 Å². The molecule has 17 heavy (non-hydrogen) atoms. The van der Waals surface area contributed by atoms with Gasteiger partial charge >= 0.3 is 0 Å². The van der Waals surface area contributed by atoms with Crippen LogP contribution in [0.15, 0.2) is 30.3 Å². The first kappa shape index (κ1) is 11.1. The molecule has 0 N–H and O–H groups in total. The third-order valence-corrected chi connectivity index (χ3v) is 3.64. The predicted octanol–water partition coefficient (Wildman–Crippen LogP) is 4.86. The van der Waals surface area contributed by atoms with Crippen molar-refractivity contribution in [3.05, 3.63) is 56.5 Å². The maximum absolute atomic E-state index is 12.2. The molecule has 3 rings (SSSR count). The first-order chi connectivity index (χ1) is 8.09. The molecule has 0 amide bonds. The second-order valence-electron chi connectivity index (χ2n) is 3.80. The van der Waals surface area contributed by atoms with Crippen LogP contribution in [0.5, 0.6) is 0 Å². The van der Waals surface area contributed by atoms with Gasteiger partial charge < -0.3 is 0 Å². The lowest BCUT2D eigenvalue weighted by atomic mass is 10.1. The molecule has 2 aromatic rings. The van der Waals surface area contributed by atoms with Crippen molar-refractivity contribution in [1.82, 2.24) is 0 Å². The summed E-state index contributed by atoms with van der Waals surface area (Å²) in [7, 11) is 0. The lowest BCUT2D eigenvalue weighted by Gasteiger charge is -2.03. The van der Waals surface area contributed by atoms with Crippen molar-refractivity contribution < 1.29 is 4.79 Å². The largest absolute Gasteiger partial charge is 0.289 e. The van der Waals surface area contributed by atoms with Gasteiger partial charge in [-0.05, 0) is 23.8 Å². The van der Waals surface area contributed by atoms with Crippen molar-refractivity contribution in [2.75, 3.05) is 0 Å². The van der Waals surface area contributed by atoms with Gasteiger partial charge in [0.1, 0.15) is 0 Å². The number of benzene rings is 2. The van der Waals surface area contributed by atoms with Gasteiger partial charge in [-0.15, -0.1) is 0 Å². The van der Waals surface area contributed by atoms with E-state index in [9.17, 15) is 4.79 Å². The fourth-order valence-electron chi connectivity index (χ4n) is 2.12. The van der Waals surface area contributed by atoms with Crippen LogP contribution in [0.1, 0.15) is 15.9 Å². The number of fused-ring (bicyclic) bond motifs is 3. The Labute approximate surface area is 113 Å². The van der Waals surface area contributed by atoms with Crippen LogP contribution in [0.3, 0.4) is 0 Å². The van der Waals surface area contributed by atoms with Crippen LogP contribution < -0.4 is 0 Å². The zero-order valence-corrected chi connectivity index (χ0v) is 10.7. The average Bonchev–Trinajstić information content (AvgIpc) is 2.54. The number of hydrogen-bond donors (Lipinski definition) is 0. The number of halogens is 3. The normalized spacial score (nSPS) is 12.5. The smallest absolute Gasteiger partial charge is 0.195 e.